The van der Waals surface area contributed by atoms with Crippen LogP contribution in [0, 0.1) is 10.1 Å². The van der Waals surface area contributed by atoms with E-state index in [0.29, 0.717) is 6.04 Å². The number of nitrogens with zero attached hydrogens (tertiary/aromatic N) is 3. The van der Waals surface area contributed by atoms with Crippen LogP contribution in [-0.2, 0) is 0 Å². The van der Waals surface area contributed by atoms with Gasteiger partial charge in [0.05, 0.1) is 4.92 Å². The molecule has 1 fully saturated rings. The normalized spacial score (nSPS) is 21.0. The Balaban J connectivity index is 2.17. The quantitative estimate of drug-likeness (QED) is 0.598. The first-order chi connectivity index (χ1) is 8.18. The van der Waals surface area contributed by atoms with E-state index in [2.05, 4.69) is 16.8 Å². The Kier molecular flexibility index (Phi) is 3.83. The van der Waals surface area contributed by atoms with Gasteiger partial charge in [-0.25, -0.2) is 4.98 Å². The number of pyridine rings is 1. The Labute approximate surface area is 104 Å². The summed E-state index contributed by atoms with van der Waals surface area (Å²) in [6, 6.07) is 3.71. The summed E-state index contributed by atoms with van der Waals surface area (Å²) >= 11 is 1.95. The molecule has 0 amide bonds. The predicted octanol–water partition coefficient (Wildman–Crippen LogP) is 2.32. The van der Waals surface area contributed by atoms with E-state index in [1.165, 1.54) is 18.0 Å². The maximum Gasteiger partial charge on any atom is 0.287 e. The SMILES string of the molecule is CC1CCSCCN1c1ccc([N+](=O)[O-])cn1. The smallest absolute Gasteiger partial charge is 0.287 e. The van der Waals surface area contributed by atoms with Crippen molar-refractivity contribution in [1.82, 2.24) is 4.98 Å². The lowest BCUT2D eigenvalue weighted by molar-refractivity contribution is -0.385. The van der Waals surface area contributed by atoms with Gasteiger partial charge < -0.3 is 4.90 Å². The molecule has 5 nitrogen and oxygen atoms in total. The van der Waals surface area contributed by atoms with E-state index in [-0.39, 0.29) is 5.69 Å². The van der Waals surface area contributed by atoms with Crippen LogP contribution in [0.15, 0.2) is 18.3 Å². The summed E-state index contributed by atoms with van der Waals surface area (Å²) in [5.41, 5.74) is 0.0469. The van der Waals surface area contributed by atoms with Gasteiger partial charge in [-0.2, -0.15) is 11.8 Å². The predicted molar refractivity (Wildman–Crippen MR) is 69.6 cm³/mol. The Morgan fingerprint density at radius 3 is 3.00 bits per heavy atom. The minimum atomic E-state index is -0.418. The molecule has 1 aliphatic rings. The molecule has 92 valence electrons. The number of nitro groups is 1. The van der Waals surface area contributed by atoms with Crippen molar-refractivity contribution in [2.45, 2.75) is 19.4 Å². The molecule has 1 saturated heterocycles. The average molecular weight is 253 g/mol. The fourth-order valence-electron chi connectivity index (χ4n) is 1.89. The average Bonchev–Trinajstić information content (AvgIpc) is 2.54. The summed E-state index contributed by atoms with van der Waals surface area (Å²) in [4.78, 5) is 16.6. The van der Waals surface area contributed by atoms with Crippen molar-refractivity contribution in [3.8, 4) is 0 Å². The molecule has 0 saturated carbocycles. The van der Waals surface area contributed by atoms with E-state index >= 15 is 0 Å². The van der Waals surface area contributed by atoms with Gasteiger partial charge >= 0.3 is 0 Å². The highest BCUT2D eigenvalue weighted by atomic mass is 32.2. The Bertz CT molecular complexity index is 396. The lowest BCUT2D eigenvalue weighted by atomic mass is 10.2. The van der Waals surface area contributed by atoms with E-state index in [9.17, 15) is 10.1 Å². The highest BCUT2D eigenvalue weighted by Crippen LogP contribution is 2.23. The first-order valence-corrected chi connectivity index (χ1v) is 6.79. The molecule has 1 aromatic heterocycles. The summed E-state index contributed by atoms with van der Waals surface area (Å²) in [5, 5.41) is 10.6. The van der Waals surface area contributed by atoms with Crippen molar-refractivity contribution < 1.29 is 4.92 Å². The van der Waals surface area contributed by atoms with Crippen LogP contribution in [0.1, 0.15) is 13.3 Å². The van der Waals surface area contributed by atoms with Gasteiger partial charge in [0.1, 0.15) is 12.0 Å². The Morgan fingerprint density at radius 2 is 2.35 bits per heavy atom. The summed E-state index contributed by atoms with van der Waals surface area (Å²) in [5.74, 6) is 3.10. The zero-order valence-electron chi connectivity index (χ0n) is 9.70. The van der Waals surface area contributed by atoms with Gasteiger partial charge in [-0.3, -0.25) is 10.1 Å². The zero-order valence-corrected chi connectivity index (χ0v) is 10.5. The van der Waals surface area contributed by atoms with E-state index in [0.717, 1.165) is 24.5 Å². The van der Waals surface area contributed by atoms with Gasteiger partial charge in [0.25, 0.3) is 5.69 Å². The van der Waals surface area contributed by atoms with Crippen molar-refractivity contribution in [3.63, 3.8) is 0 Å². The van der Waals surface area contributed by atoms with Crippen molar-refractivity contribution >= 4 is 23.3 Å². The molecule has 0 N–H and O–H groups in total. The maximum absolute atomic E-state index is 10.6. The molecule has 0 aromatic carbocycles. The van der Waals surface area contributed by atoms with Gasteiger partial charge in [0, 0.05) is 24.4 Å². The molecule has 0 bridgehead atoms. The highest BCUT2D eigenvalue weighted by molar-refractivity contribution is 7.99. The minimum Gasteiger partial charge on any atom is -0.353 e. The fraction of sp³-hybridized carbons (Fsp3) is 0.545. The van der Waals surface area contributed by atoms with Gasteiger partial charge in [-0.15, -0.1) is 0 Å². The van der Waals surface area contributed by atoms with Crippen molar-refractivity contribution in [1.29, 1.82) is 0 Å². The third kappa shape index (κ3) is 2.88. The van der Waals surface area contributed by atoms with Crippen LogP contribution < -0.4 is 4.90 Å². The molecule has 1 aromatic rings. The van der Waals surface area contributed by atoms with Crippen LogP contribution in [-0.4, -0.2) is 34.0 Å². The molecular weight excluding hydrogens is 238 g/mol. The third-order valence-electron chi connectivity index (χ3n) is 2.93. The second-order valence-electron chi connectivity index (χ2n) is 4.08. The molecule has 0 spiro atoms. The molecule has 2 rings (SSSR count). The summed E-state index contributed by atoms with van der Waals surface area (Å²) in [6.45, 7) is 3.13. The molecule has 6 heteroatoms. The van der Waals surface area contributed by atoms with Crippen LogP contribution in [0.4, 0.5) is 11.5 Å². The van der Waals surface area contributed by atoms with E-state index in [4.69, 9.17) is 0 Å². The van der Waals surface area contributed by atoms with Crippen molar-refractivity contribution in [3.05, 3.63) is 28.4 Å². The zero-order chi connectivity index (χ0) is 12.3. The molecule has 17 heavy (non-hydrogen) atoms. The van der Waals surface area contributed by atoms with Crippen molar-refractivity contribution in [2.75, 3.05) is 23.0 Å². The van der Waals surface area contributed by atoms with Crippen LogP contribution in [0.3, 0.4) is 0 Å². The third-order valence-corrected chi connectivity index (χ3v) is 3.92. The first kappa shape index (κ1) is 12.2. The van der Waals surface area contributed by atoms with Crippen LogP contribution in [0.2, 0.25) is 0 Å². The second-order valence-corrected chi connectivity index (χ2v) is 5.30. The van der Waals surface area contributed by atoms with Crippen LogP contribution in [0.25, 0.3) is 0 Å². The lowest BCUT2D eigenvalue weighted by Gasteiger charge is -2.27. The minimum absolute atomic E-state index is 0.0469. The first-order valence-electron chi connectivity index (χ1n) is 5.63. The standard InChI is InChI=1S/C11H15N3O2S/c1-9-4-6-17-7-5-13(9)11-3-2-10(8-12-11)14(15)16/h2-3,8-9H,4-7H2,1H3. The second kappa shape index (κ2) is 5.35. The molecule has 0 aliphatic carbocycles. The van der Waals surface area contributed by atoms with Crippen LogP contribution in [0.5, 0.6) is 0 Å². The van der Waals surface area contributed by atoms with Crippen molar-refractivity contribution in [2.24, 2.45) is 0 Å². The largest absolute Gasteiger partial charge is 0.353 e. The molecular formula is C11H15N3O2S. The topological polar surface area (TPSA) is 59.3 Å². The molecule has 0 radical (unpaired) electrons. The van der Waals surface area contributed by atoms with Crippen LogP contribution >= 0.6 is 11.8 Å². The highest BCUT2D eigenvalue weighted by Gasteiger charge is 2.19. The number of anilines is 1. The lowest BCUT2D eigenvalue weighted by Crippen LogP contribution is -2.34. The summed E-state index contributed by atoms with van der Waals surface area (Å²) in [7, 11) is 0. The Hall–Kier alpha value is -1.30. The van der Waals surface area contributed by atoms with E-state index in [1.54, 1.807) is 6.07 Å². The van der Waals surface area contributed by atoms with Gasteiger partial charge in [-0.05, 0) is 25.2 Å². The number of rotatable bonds is 2. The van der Waals surface area contributed by atoms with E-state index < -0.39 is 4.92 Å². The molecule has 1 unspecified atom stereocenters. The summed E-state index contributed by atoms with van der Waals surface area (Å²) < 4.78 is 0. The fourth-order valence-corrected chi connectivity index (χ4v) is 2.93. The molecule has 1 atom stereocenters. The number of thioether (sulfide) groups is 1. The van der Waals surface area contributed by atoms with Gasteiger partial charge in [0.15, 0.2) is 0 Å². The van der Waals surface area contributed by atoms with E-state index in [1.807, 2.05) is 11.8 Å². The Morgan fingerprint density at radius 1 is 1.53 bits per heavy atom. The maximum atomic E-state index is 10.6. The number of aromatic nitrogens is 1. The molecule has 1 aliphatic heterocycles. The monoisotopic (exact) mass is 253 g/mol. The van der Waals surface area contributed by atoms with Gasteiger partial charge in [-0.1, -0.05) is 0 Å². The number of hydrogen-bond donors (Lipinski definition) is 0. The number of hydrogen-bond acceptors (Lipinski definition) is 5. The van der Waals surface area contributed by atoms with Gasteiger partial charge in [0.2, 0.25) is 0 Å². The summed E-state index contributed by atoms with van der Waals surface area (Å²) in [6.07, 6.45) is 2.46. The molecule has 2 heterocycles.